The van der Waals surface area contributed by atoms with E-state index in [2.05, 4.69) is 20.0 Å². The lowest BCUT2D eigenvalue weighted by Crippen LogP contribution is -2.53. The molecule has 0 amide bonds. The SMILES string of the molecule is COc1ccc(CN2CCN(c3ccc(C)nn3)C[C@H]2CCO)c(F)c1. The molecule has 1 N–H and O–H groups in total. The second-order valence-corrected chi connectivity index (χ2v) is 6.57. The summed E-state index contributed by atoms with van der Waals surface area (Å²) in [4.78, 5) is 4.40. The number of aromatic nitrogens is 2. The summed E-state index contributed by atoms with van der Waals surface area (Å²) in [5.74, 6) is 1.09. The lowest BCUT2D eigenvalue weighted by atomic mass is 10.1. The van der Waals surface area contributed by atoms with Crippen molar-refractivity contribution in [3.63, 3.8) is 0 Å². The number of hydrogen-bond donors (Lipinski definition) is 1. The Labute approximate surface area is 153 Å². The number of aliphatic hydroxyl groups is 1. The Kier molecular flexibility index (Phi) is 6.00. The Morgan fingerprint density at radius 3 is 2.73 bits per heavy atom. The summed E-state index contributed by atoms with van der Waals surface area (Å²) in [5.41, 5.74) is 1.52. The number of nitrogens with zero attached hydrogens (tertiary/aromatic N) is 4. The van der Waals surface area contributed by atoms with Crippen LogP contribution in [-0.2, 0) is 6.54 Å². The molecule has 26 heavy (non-hydrogen) atoms. The van der Waals surface area contributed by atoms with Gasteiger partial charge in [-0.05, 0) is 31.5 Å². The number of halogens is 1. The minimum atomic E-state index is -0.265. The molecule has 0 spiro atoms. The van der Waals surface area contributed by atoms with Crippen LogP contribution in [0.5, 0.6) is 5.75 Å². The van der Waals surface area contributed by atoms with Gasteiger partial charge in [0, 0.05) is 50.5 Å². The van der Waals surface area contributed by atoms with E-state index in [1.54, 1.807) is 12.1 Å². The van der Waals surface area contributed by atoms with E-state index < -0.39 is 0 Å². The monoisotopic (exact) mass is 360 g/mol. The van der Waals surface area contributed by atoms with Gasteiger partial charge in [-0.15, -0.1) is 5.10 Å². The predicted octanol–water partition coefficient (Wildman–Crippen LogP) is 2.01. The average molecular weight is 360 g/mol. The van der Waals surface area contributed by atoms with E-state index in [-0.39, 0.29) is 18.5 Å². The highest BCUT2D eigenvalue weighted by Crippen LogP contribution is 2.23. The molecular formula is C19H25FN4O2. The maximum absolute atomic E-state index is 14.3. The van der Waals surface area contributed by atoms with Gasteiger partial charge in [0.2, 0.25) is 0 Å². The van der Waals surface area contributed by atoms with Gasteiger partial charge < -0.3 is 14.7 Å². The van der Waals surface area contributed by atoms with Gasteiger partial charge in [0.15, 0.2) is 5.82 Å². The molecule has 0 saturated carbocycles. The fraction of sp³-hybridized carbons (Fsp3) is 0.474. The molecule has 0 unspecified atom stereocenters. The molecule has 1 atom stereocenters. The highest BCUT2D eigenvalue weighted by Gasteiger charge is 2.28. The Bertz CT molecular complexity index is 726. The molecule has 0 aliphatic carbocycles. The summed E-state index contributed by atoms with van der Waals surface area (Å²) >= 11 is 0. The first-order chi connectivity index (χ1) is 12.6. The fourth-order valence-corrected chi connectivity index (χ4v) is 3.29. The minimum absolute atomic E-state index is 0.0969. The quantitative estimate of drug-likeness (QED) is 0.850. The van der Waals surface area contributed by atoms with Gasteiger partial charge in [-0.25, -0.2) is 4.39 Å². The van der Waals surface area contributed by atoms with E-state index in [1.807, 2.05) is 19.1 Å². The third kappa shape index (κ3) is 4.28. The molecule has 0 radical (unpaired) electrons. The molecule has 7 heteroatoms. The van der Waals surface area contributed by atoms with Crippen molar-refractivity contribution in [2.75, 3.05) is 38.3 Å². The molecule has 1 aliphatic rings. The lowest BCUT2D eigenvalue weighted by Gasteiger charge is -2.41. The maximum Gasteiger partial charge on any atom is 0.151 e. The van der Waals surface area contributed by atoms with Crippen LogP contribution < -0.4 is 9.64 Å². The van der Waals surface area contributed by atoms with Crippen molar-refractivity contribution in [3.8, 4) is 5.75 Å². The van der Waals surface area contributed by atoms with E-state index >= 15 is 0 Å². The Morgan fingerprint density at radius 1 is 1.23 bits per heavy atom. The largest absolute Gasteiger partial charge is 0.497 e. The zero-order valence-corrected chi connectivity index (χ0v) is 15.2. The van der Waals surface area contributed by atoms with Gasteiger partial charge in [-0.1, -0.05) is 6.07 Å². The molecule has 1 saturated heterocycles. The molecule has 6 nitrogen and oxygen atoms in total. The van der Waals surface area contributed by atoms with E-state index in [0.717, 1.165) is 31.1 Å². The number of rotatable bonds is 6. The van der Waals surface area contributed by atoms with Gasteiger partial charge in [-0.2, -0.15) is 5.10 Å². The number of anilines is 1. The van der Waals surface area contributed by atoms with Crippen molar-refractivity contribution in [2.45, 2.75) is 25.9 Å². The number of aliphatic hydroxyl groups excluding tert-OH is 1. The highest BCUT2D eigenvalue weighted by molar-refractivity contribution is 5.38. The molecular weight excluding hydrogens is 335 g/mol. The fourth-order valence-electron chi connectivity index (χ4n) is 3.29. The van der Waals surface area contributed by atoms with Gasteiger partial charge >= 0.3 is 0 Å². The normalized spacial score (nSPS) is 18.2. The first-order valence-electron chi connectivity index (χ1n) is 8.83. The van der Waals surface area contributed by atoms with Crippen LogP contribution in [0.2, 0.25) is 0 Å². The summed E-state index contributed by atoms with van der Waals surface area (Å²) in [6.07, 6.45) is 0.633. The molecule has 2 aromatic rings. The molecule has 140 valence electrons. The average Bonchev–Trinajstić information content (AvgIpc) is 2.65. The van der Waals surface area contributed by atoms with Crippen LogP contribution in [0.3, 0.4) is 0 Å². The smallest absolute Gasteiger partial charge is 0.151 e. The molecule has 1 aromatic carbocycles. The lowest BCUT2D eigenvalue weighted by molar-refractivity contribution is 0.134. The minimum Gasteiger partial charge on any atom is -0.497 e. The molecule has 1 aliphatic heterocycles. The summed E-state index contributed by atoms with van der Waals surface area (Å²) in [6.45, 7) is 4.81. The zero-order chi connectivity index (χ0) is 18.5. The first kappa shape index (κ1) is 18.5. The number of methoxy groups -OCH3 is 1. The van der Waals surface area contributed by atoms with Crippen LogP contribution in [-0.4, -0.2) is 59.6 Å². The van der Waals surface area contributed by atoms with Crippen molar-refractivity contribution in [2.24, 2.45) is 0 Å². The van der Waals surface area contributed by atoms with E-state index in [4.69, 9.17) is 4.74 Å². The summed E-state index contributed by atoms with van der Waals surface area (Å²) < 4.78 is 19.4. The number of aryl methyl sites for hydroxylation is 1. The predicted molar refractivity (Wildman–Crippen MR) is 97.8 cm³/mol. The van der Waals surface area contributed by atoms with E-state index in [1.165, 1.54) is 13.2 Å². The second kappa shape index (κ2) is 8.42. The van der Waals surface area contributed by atoms with Crippen LogP contribution in [0, 0.1) is 12.7 Å². The van der Waals surface area contributed by atoms with Gasteiger partial charge in [0.25, 0.3) is 0 Å². The number of ether oxygens (including phenoxy) is 1. The second-order valence-electron chi connectivity index (χ2n) is 6.57. The van der Waals surface area contributed by atoms with Crippen LogP contribution in [0.1, 0.15) is 17.7 Å². The third-order valence-electron chi connectivity index (χ3n) is 4.81. The van der Waals surface area contributed by atoms with Crippen molar-refractivity contribution < 1.29 is 14.2 Å². The van der Waals surface area contributed by atoms with E-state index in [9.17, 15) is 9.50 Å². The van der Waals surface area contributed by atoms with Crippen molar-refractivity contribution in [3.05, 3.63) is 47.4 Å². The van der Waals surface area contributed by atoms with Crippen molar-refractivity contribution in [1.82, 2.24) is 15.1 Å². The van der Waals surface area contributed by atoms with Crippen molar-refractivity contribution in [1.29, 1.82) is 0 Å². The Hall–Kier alpha value is -2.25. The Morgan fingerprint density at radius 2 is 2.08 bits per heavy atom. The zero-order valence-electron chi connectivity index (χ0n) is 15.2. The molecule has 3 rings (SSSR count). The highest BCUT2D eigenvalue weighted by atomic mass is 19.1. The summed E-state index contributed by atoms with van der Waals surface area (Å²) in [6, 6.07) is 8.99. The first-order valence-corrected chi connectivity index (χ1v) is 8.83. The third-order valence-corrected chi connectivity index (χ3v) is 4.81. The van der Waals surface area contributed by atoms with Gasteiger partial charge in [0.05, 0.1) is 12.8 Å². The van der Waals surface area contributed by atoms with Crippen LogP contribution in [0.15, 0.2) is 30.3 Å². The molecule has 1 fully saturated rings. The van der Waals surface area contributed by atoms with Crippen molar-refractivity contribution >= 4 is 5.82 Å². The van der Waals surface area contributed by atoms with Crippen LogP contribution in [0.4, 0.5) is 10.2 Å². The van der Waals surface area contributed by atoms with E-state index in [0.29, 0.717) is 24.3 Å². The van der Waals surface area contributed by atoms with Crippen LogP contribution >= 0.6 is 0 Å². The molecule has 2 heterocycles. The van der Waals surface area contributed by atoms with Gasteiger partial charge in [-0.3, -0.25) is 4.90 Å². The number of piperazine rings is 1. The maximum atomic E-state index is 14.3. The standard InChI is InChI=1S/C19H25FN4O2/c1-14-3-6-19(22-21-14)24-9-8-23(16(13-24)7-10-25)12-15-4-5-17(26-2)11-18(15)20/h3-6,11,16,25H,7-10,12-13H2,1-2H3/t16-/m1/s1. The van der Waals surface area contributed by atoms with Gasteiger partial charge in [0.1, 0.15) is 11.6 Å². The topological polar surface area (TPSA) is 61.7 Å². The van der Waals surface area contributed by atoms with Crippen LogP contribution in [0.25, 0.3) is 0 Å². The summed E-state index contributed by atoms with van der Waals surface area (Å²) in [5, 5.41) is 17.8. The Balaban J connectivity index is 1.71. The molecule has 0 bridgehead atoms. The number of hydrogen-bond acceptors (Lipinski definition) is 6. The number of benzene rings is 1. The summed E-state index contributed by atoms with van der Waals surface area (Å²) in [7, 11) is 1.53. The molecule has 1 aromatic heterocycles.